The zero-order valence-electron chi connectivity index (χ0n) is 14.5. The first-order valence-electron chi connectivity index (χ1n) is 8.74. The largest absolute Gasteiger partial charge is 0.353 e. The minimum absolute atomic E-state index is 0.0584. The van der Waals surface area contributed by atoms with Gasteiger partial charge in [0.25, 0.3) is 0 Å². The van der Waals surface area contributed by atoms with E-state index < -0.39 is 5.54 Å². The summed E-state index contributed by atoms with van der Waals surface area (Å²) in [4.78, 5) is 14.9. The van der Waals surface area contributed by atoms with Crippen LogP contribution in [-0.4, -0.2) is 42.0 Å². The normalized spacial score (nSPS) is 19.8. The molecule has 1 aliphatic carbocycles. The van der Waals surface area contributed by atoms with Crippen LogP contribution < -0.4 is 11.1 Å². The van der Waals surface area contributed by atoms with Gasteiger partial charge < -0.3 is 11.1 Å². The number of nitrogens with one attached hydrogen (secondary N) is 1. The molecule has 0 aliphatic heterocycles. The summed E-state index contributed by atoms with van der Waals surface area (Å²) in [6, 6.07) is 0.413. The van der Waals surface area contributed by atoms with Crippen molar-refractivity contribution in [2.24, 2.45) is 11.7 Å². The van der Waals surface area contributed by atoms with E-state index in [-0.39, 0.29) is 5.91 Å². The average molecular weight is 297 g/mol. The van der Waals surface area contributed by atoms with Crippen LogP contribution in [-0.2, 0) is 4.79 Å². The Hall–Kier alpha value is -0.610. The Bertz CT molecular complexity index is 307. The molecular weight excluding hydrogens is 262 g/mol. The number of carbonyl (C=O) groups excluding carboxylic acids is 1. The van der Waals surface area contributed by atoms with Gasteiger partial charge in [-0.25, -0.2) is 0 Å². The van der Waals surface area contributed by atoms with Crippen molar-refractivity contribution in [2.75, 3.05) is 19.6 Å². The van der Waals surface area contributed by atoms with Gasteiger partial charge in [0.15, 0.2) is 0 Å². The van der Waals surface area contributed by atoms with Crippen LogP contribution in [0.5, 0.6) is 0 Å². The molecule has 0 saturated heterocycles. The topological polar surface area (TPSA) is 58.4 Å². The van der Waals surface area contributed by atoms with E-state index in [0.29, 0.717) is 12.0 Å². The second kappa shape index (κ2) is 8.74. The molecule has 0 heterocycles. The van der Waals surface area contributed by atoms with Crippen LogP contribution in [0.3, 0.4) is 0 Å². The van der Waals surface area contributed by atoms with E-state index >= 15 is 0 Å². The molecule has 1 amide bonds. The van der Waals surface area contributed by atoms with E-state index in [4.69, 9.17) is 5.73 Å². The Morgan fingerprint density at radius 2 is 1.76 bits per heavy atom. The minimum Gasteiger partial charge on any atom is -0.353 e. The van der Waals surface area contributed by atoms with Crippen LogP contribution in [0, 0.1) is 5.92 Å². The molecule has 4 nitrogen and oxygen atoms in total. The summed E-state index contributed by atoms with van der Waals surface area (Å²) in [6.45, 7) is 11.6. The molecule has 0 radical (unpaired) electrons. The van der Waals surface area contributed by atoms with Gasteiger partial charge in [-0.1, -0.05) is 47.0 Å². The second-order valence-electron chi connectivity index (χ2n) is 6.93. The van der Waals surface area contributed by atoms with Crippen molar-refractivity contribution in [1.29, 1.82) is 0 Å². The van der Waals surface area contributed by atoms with Gasteiger partial charge in [-0.2, -0.15) is 0 Å². The number of rotatable bonds is 8. The highest BCUT2D eigenvalue weighted by atomic mass is 16.2. The molecule has 4 heteroatoms. The molecule has 0 aromatic heterocycles. The third-order valence-electron chi connectivity index (χ3n) is 4.77. The first kappa shape index (κ1) is 18.4. The zero-order chi connectivity index (χ0) is 15.9. The number of nitrogens with two attached hydrogens (primary N) is 1. The lowest BCUT2D eigenvalue weighted by Crippen LogP contribution is -2.57. The highest BCUT2D eigenvalue weighted by molar-refractivity contribution is 5.86. The van der Waals surface area contributed by atoms with Crippen LogP contribution in [0.4, 0.5) is 0 Å². The lowest BCUT2D eigenvalue weighted by atomic mass is 9.82. The fraction of sp³-hybridized carbons (Fsp3) is 0.941. The third kappa shape index (κ3) is 5.59. The molecule has 124 valence electrons. The zero-order valence-corrected chi connectivity index (χ0v) is 14.5. The van der Waals surface area contributed by atoms with Crippen molar-refractivity contribution in [3.63, 3.8) is 0 Å². The number of hydrogen-bond acceptors (Lipinski definition) is 3. The lowest BCUT2D eigenvalue weighted by Gasteiger charge is -2.35. The second-order valence-corrected chi connectivity index (χ2v) is 6.93. The Balaban J connectivity index is 2.56. The predicted molar refractivity (Wildman–Crippen MR) is 89.2 cm³/mol. The third-order valence-corrected chi connectivity index (χ3v) is 4.77. The van der Waals surface area contributed by atoms with E-state index in [0.717, 1.165) is 51.7 Å². The Labute approximate surface area is 130 Å². The molecule has 0 aromatic carbocycles. The molecule has 0 bridgehead atoms. The van der Waals surface area contributed by atoms with E-state index in [9.17, 15) is 4.79 Å². The number of nitrogens with zero attached hydrogens (tertiary/aromatic N) is 1. The van der Waals surface area contributed by atoms with Crippen molar-refractivity contribution < 1.29 is 4.79 Å². The minimum atomic E-state index is -0.621. The van der Waals surface area contributed by atoms with Crippen molar-refractivity contribution in [2.45, 2.75) is 77.8 Å². The van der Waals surface area contributed by atoms with Crippen molar-refractivity contribution in [3.05, 3.63) is 0 Å². The molecule has 21 heavy (non-hydrogen) atoms. The molecule has 1 aliphatic rings. The standard InChI is InChI=1S/C17H35N3O/c1-5-20(6-2)15(12-14(3)4)13-19-16(21)17(18)10-8-7-9-11-17/h14-15H,5-13,18H2,1-4H3,(H,19,21). The Morgan fingerprint density at radius 1 is 1.19 bits per heavy atom. The van der Waals surface area contributed by atoms with Gasteiger partial charge in [-0.05, 0) is 38.3 Å². The molecule has 0 spiro atoms. The van der Waals surface area contributed by atoms with Gasteiger partial charge in [0.2, 0.25) is 5.91 Å². The molecule has 1 fully saturated rings. The van der Waals surface area contributed by atoms with Gasteiger partial charge in [-0.3, -0.25) is 9.69 Å². The maximum Gasteiger partial charge on any atom is 0.240 e. The van der Waals surface area contributed by atoms with Gasteiger partial charge in [0.1, 0.15) is 0 Å². The van der Waals surface area contributed by atoms with Crippen LogP contribution >= 0.6 is 0 Å². The summed E-state index contributed by atoms with van der Waals surface area (Å²) in [7, 11) is 0. The van der Waals surface area contributed by atoms with Crippen LogP contribution in [0.2, 0.25) is 0 Å². The van der Waals surface area contributed by atoms with Gasteiger partial charge in [0.05, 0.1) is 5.54 Å². The van der Waals surface area contributed by atoms with Crippen LogP contribution in [0.15, 0.2) is 0 Å². The SMILES string of the molecule is CCN(CC)C(CNC(=O)C1(N)CCCCC1)CC(C)C. The average Bonchev–Trinajstić information content (AvgIpc) is 2.45. The molecule has 1 rings (SSSR count). The highest BCUT2D eigenvalue weighted by Gasteiger charge is 2.35. The number of carbonyl (C=O) groups is 1. The summed E-state index contributed by atoms with van der Waals surface area (Å²) < 4.78 is 0. The summed E-state index contributed by atoms with van der Waals surface area (Å²) in [6.07, 6.45) is 6.14. The Morgan fingerprint density at radius 3 is 2.24 bits per heavy atom. The maximum absolute atomic E-state index is 12.5. The van der Waals surface area contributed by atoms with Crippen molar-refractivity contribution >= 4 is 5.91 Å². The van der Waals surface area contributed by atoms with Gasteiger partial charge >= 0.3 is 0 Å². The first-order chi connectivity index (χ1) is 9.92. The number of amides is 1. The van der Waals surface area contributed by atoms with Gasteiger partial charge in [0, 0.05) is 12.6 Å². The number of likely N-dealkylation sites (N-methyl/N-ethyl adjacent to an activating group) is 1. The van der Waals surface area contributed by atoms with Crippen molar-refractivity contribution in [1.82, 2.24) is 10.2 Å². The molecule has 0 aromatic rings. The van der Waals surface area contributed by atoms with Gasteiger partial charge in [-0.15, -0.1) is 0 Å². The first-order valence-corrected chi connectivity index (χ1v) is 8.74. The van der Waals surface area contributed by atoms with E-state index in [1.807, 2.05) is 0 Å². The Kier molecular flexibility index (Phi) is 7.67. The molecule has 1 unspecified atom stereocenters. The molecular formula is C17H35N3O. The maximum atomic E-state index is 12.5. The van der Waals surface area contributed by atoms with E-state index in [1.165, 1.54) is 6.42 Å². The lowest BCUT2D eigenvalue weighted by molar-refractivity contribution is -0.127. The summed E-state index contributed by atoms with van der Waals surface area (Å²) in [5, 5.41) is 3.14. The van der Waals surface area contributed by atoms with Crippen LogP contribution in [0.1, 0.15) is 66.2 Å². The predicted octanol–water partition coefficient (Wildman–Crippen LogP) is 2.52. The van der Waals surface area contributed by atoms with Crippen molar-refractivity contribution in [3.8, 4) is 0 Å². The smallest absolute Gasteiger partial charge is 0.240 e. The summed E-state index contributed by atoms with van der Waals surface area (Å²) in [5.41, 5.74) is 5.68. The highest BCUT2D eigenvalue weighted by Crippen LogP contribution is 2.26. The monoisotopic (exact) mass is 297 g/mol. The summed E-state index contributed by atoms with van der Waals surface area (Å²) in [5.74, 6) is 0.692. The number of hydrogen-bond donors (Lipinski definition) is 2. The van der Waals surface area contributed by atoms with E-state index in [2.05, 4.69) is 37.9 Å². The molecule has 1 atom stereocenters. The van der Waals surface area contributed by atoms with E-state index in [1.54, 1.807) is 0 Å². The molecule has 3 N–H and O–H groups in total. The quantitative estimate of drug-likeness (QED) is 0.724. The van der Waals surface area contributed by atoms with Crippen LogP contribution in [0.25, 0.3) is 0 Å². The fourth-order valence-electron chi connectivity index (χ4n) is 3.44. The molecule has 1 saturated carbocycles. The fourth-order valence-corrected chi connectivity index (χ4v) is 3.44. The summed E-state index contributed by atoms with van der Waals surface area (Å²) >= 11 is 0.